The molecule has 5 nitrogen and oxygen atoms in total. The maximum absolute atomic E-state index is 13.2. The van der Waals surface area contributed by atoms with E-state index in [0.29, 0.717) is 18.4 Å². The molecule has 3 fully saturated rings. The first kappa shape index (κ1) is 22.9. The number of imide groups is 1. The maximum Gasteiger partial charge on any atom is 0.254 e. The Balaban J connectivity index is 1.09. The number of amides is 2. The Bertz CT molecular complexity index is 1430. The summed E-state index contributed by atoms with van der Waals surface area (Å²) in [6, 6.07) is 18.5. The van der Waals surface area contributed by atoms with E-state index >= 15 is 0 Å². The molecule has 0 unspecified atom stereocenters. The number of hydrogen-bond donors (Lipinski definition) is 0. The van der Waals surface area contributed by atoms with Gasteiger partial charge in [0, 0.05) is 0 Å². The molecule has 1 heterocycles. The molecule has 0 radical (unpaired) electrons. The average molecular weight is 700 g/mol. The van der Waals surface area contributed by atoms with Gasteiger partial charge in [-0.2, -0.15) is 10.1 Å². The highest BCUT2D eigenvalue weighted by molar-refractivity contribution is 14.1. The van der Waals surface area contributed by atoms with Gasteiger partial charge in [0.25, 0.3) is 11.8 Å². The summed E-state index contributed by atoms with van der Waals surface area (Å²) in [5.74, 6) is 1.71. The van der Waals surface area contributed by atoms with Crippen molar-refractivity contribution in [2.24, 2.45) is 40.6 Å². The fourth-order valence-electron chi connectivity index (χ4n) is 6.54. The zero-order valence-electron chi connectivity index (χ0n) is 19.2. The predicted molar refractivity (Wildman–Crippen MR) is 154 cm³/mol. The first-order chi connectivity index (χ1) is 17.5. The van der Waals surface area contributed by atoms with Crippen molar-refractivity contribution >= 4 is 74.0 Å². The number of rotatable bonds is 5. The SMILES string of the molecule is O=C1[C@@H]2[C@H]3C=C[C@@H]([C@@H]4C[C@@H]34)[C@@H]2C(=O)N1N=Cc1cc(I)c(OCc2cccc3ccccc23)c(I)c1. The molecule has 0 N–H and O–H groups in total. The van der Waals surface area contributed by atoms with Gasteiger partial charge >= 0.3 is 0 Å². The lowest BCUT2D eigenvalue weighted by atomic mass is 9.63. The molecule has 36 heavy (non-hydrogen) atoms. The minimum absolute atomic E-state index is 0.134. The van der Waals surface area contributed by atoms with E-state index in [4.69, 9.17) is 4.74 Å². The van der Waals surface area contributed by atoms with Gasteiger partial charge in [-0.3, -0.25) is 9.59 Å². The number of carbonyl (C=O) groups excluding carboxylic acids is 2. The smallest absolute Gasteiger partial charge is 0.254 e. The zero-order chi connectivity index (χ0) is 24.6. The van der Waals surface area contributed by atoms with Gasteiger partial charge in [0.2, 0.25) is 0 Å². The van der Waals surface area contributed by atoms with E-state index in [0.717, 1.165) is 35.4 Å². The molecule has 0 spiro atoms. The standard InChI is InChI=1S/C29H22I2N2O3/c30-23-10-15(11-24(31)27(23)36-14-17-6-3-5-16-4-1-2-7-18(16)17)13-32-33-28(34)25-19-8-9-20(22-12-21(19)22)26(25)29(33)35/h1-11,13,19-22,25-26H,12,14H2/t19-,20-,21-,22-,25-,26+/m0/s1. The van der Waals surface area contributed by atoms with Crippen molar-refractivity contribution < 1.29 is 14.3 Å². The van der Waals surface area contributed by atoms with Crippen molar-refractivity contribution in [2.75, 3.05) is 0 Å². The largest absolute Gasteiger partial charge is 0.487 e. The number of nitrogens with zero attached hydrogens (tertiary/aromatic N) is 2. The van der Waals surface area contributed by atoms with Gasteiger partial charge in [0.05, 0.1) is 25.2 Å². The van der Waals surface area contributed by atoms with Gasteiger partial charge in [-0.25, -0.2) is 0 Å². The monoisotopic (exact) mass is 700 g/mol. The van der Waals surface area contributed by atoms with Crippen LogP contribution in [0.25, 0.3) is 10.8 Å². The first-order valence-electron chi connectivity index (χ1n) is 12.2. The highest BCUT2D eigenvalue weighted by Gasteiger charge is 2.67. The lowest BCUT2D eigenvalue weighted by Crippen LogP contribution is -2.40. The Kier molecular flexibility index (Phi) is 5.50. The molecule has 3 aromatic carbocycles. The Labute approximate surface area is 236 Å². The van der Waals surface area contributed by atoms with Gasteiger partial charge in [0.15, 0.2) is 0 Å². The molecule has 6 atom stereocenters. The Morgan fingerprint density at radius 3 is 2.25 bits per heavy atom. The molecule has 7 heteroatoms. The van der Waals surface area contributed by atoms with E-state index in [1.54, 1.807) is 6.21 Å². The third-order valence-corrected chi connectivity index (χ3v) is 9.84. The van der Waals surface area contributed by atoms with Crippen LogP contribution in [0, 0.1) is 42.6 Å². The van der Waals surface area contributed by atoms with Crippen LogP contribution in [0.5, 0.6) is 5.75 Å². The summed E-state index contributed by atoms with van der Waals surface area (Å²) in [5.41, 5.74) is 1.97. The third kappa shape index (κ3) is 3.56. The molecule has 5 aliphatic rings. The van der Waals surface area contributed by atoms with E-state index in [-0.39, 0.29) is 35.5 Å². The van der Waals surface area contributed by atoms with Crippen LogP contribution in [0.3, 0.4) is 0 Å². The van der Waals surface area contributed by atoms with Crippen LogP contribution in [-0.2, 0) is 16.2 Å². The topological polar surface area (TPSA) is 59.0 Å². The van der Waals surface area contributed by atoms with E-state index in [2.05, 4.69) is 92.8 Å². The van der Waals surface area contributed by atoms with Gasteiger partial charge in [-0.1, -0.05) is 54.6 Å². The molecule has 2 amide bonds. The van der Waals surface area contributed by atoms with Gasteiger partial charge in [-0.05, 0) is 109 Å². The summed E-state index contributed by atoms with van der Waals surface area (Å²) in [5, 5.41) is 7.91. The Morgan fingerprint density at radius 1 is 0.917 bits per heavy atom. The molecule has 8 rings (SSSR count). The second-order valence-corrected chi connectivity index (χ2v) is 12.5. The molecule has 0 aromatic heterocycles. The molecular weight excluding hydrogens is 678 g/mol. The molecule has 180 valence electrons. The number of ether oxygens (including phenoxy) is 1. The van der Waals surface area contributed by atoms with Crippen molar-refractivity contribution in [3.05, 3.63) is 85.0 Å². The lowest BCUT2D eigenvalue weighted by Gasteiger charge is -2.37. The number of allylic oxidation sites excluding steroid dienone is 2. The number of carbonyl (C=O) groups is 2. The Morgan fingerprint density at radius 2 is 1.56 bits per heavy atom. The maximum atomic E-state index is 13.2. The number of hydrazone groups is 1. The van der Waals surface area contributed by atoms with Gasteiger partial charge in [0.1, 0.15) is 12.4 Å². The van der Waals surface area contributed by atoms with Crippen LogP contribution in [0.4, 0.5) is 0 Å². The van der Waals surface area contributed by atoms with Crippen LogP contribution in [0.15, 0.2) is 71.9 Å². The molecule has 4 aliphatic carbocycles. The summed E-state index contributed by atoms with van der Waals surface area (Å²) in [6.07, 6.45) is 7.15. The fraction of sp³-hybridized carbons (Fsp3) is 0.276. The molecule has 3 aromatic rings. The van der Waals surface area contributed by atoms with Gasteiger partial charge < -0.3 is 4.74 Å². The summed E-state index contributed by atoms with van der Waals surface area (Å²) >= 11 is 4.54. The minimum Gasteiger partial charge on any atom is -0.487 e. The average Bonchev–Trinajstić information content (AvgIpc) is 3.66. The molecule has 2 saturated carbocycles. The van der Waals surface area contributed by atoms with Gasteiger partial charge in [-0.15, -0.1) is 0 Å². The van der Waals surface area contributed by atoms with Crippen molar-refractivity contribution in [2.45, 2.75) is 13.0 Å². The minimum atomic E-state index is -0.224. The van der Waals surface area contributed by atoms with E-state index in [1.807, 2.05) is 24.3 Å². The number of fused-ring (bicyclic) bond motifs is 1. The van der Waals surface area contributed by atoms with Crippen LogP contribution >= 0.6 is 45.2 Å². The van der Waals surface area contributed by atoms with Crippen molar-refractivity contribution in [3.63, 3.8) is 0 Å². The summed E-state index contributed by atoms with van der Waals surface area (Å²) < 4.78 is 8.16. The first-order valence-corrected chi connectivity index (χ1v) is 14.4. The highest BCUT2D eigenvalue weighted by Crippen LogP contribution is 2.65. The second-order valence-electron chi connectivity index (χ2n) is 10.1. The van der Waals surface area contributed by atoms with E-state index < -0.39 is 0 Å². The van der Waals surface area contributed by atoms with Crippen LogP contribution in [0.1, 0.15) is 17.5 Å². The Hall–Kier alpha value is -2.27. The molecular formula is C29H22I2N2O3. The molecule has 1 aliphatic heterocycles. The number of benzene rings is 3. The quantitative estimate of drug-likeness (QED) is 0.142. The van der Waals surface area contributed by atoms with E-state index in [1.165, 1.54) is 10.8 Å². The predicted octanol–water partition coefficient (Wildman–Crippen LogP) is 6.02. The van der Waals surface area contributed by atoms with Crippen LogP contribution in [0.2, 0.25) is 0 Å². The third-order valence-electron chi connectivity index (χ3n) is 8.23. The van der Waals surface area contributed by atoms with Crippen LogP contribution in [-0.4, -0.2) is 23.0 Å². The molecule has 1 saturated heterocycles. The second kappa shape index (κ2) is 8.65. The van der Waals surface area contributed by atoms with Crippen LogP contribution < -0.4 is 4.74 Å². The lowest BCUT2D eigenvalue weighted by molar-refractivity contribution is -0.140. The molecule has 2 bridgehead atoms. The number of hydrogen-bond acceptors (Lipinski definition) is 4. The fourth-order valence-corrected chi connectivity index (χ4v) is 8.67. The van der Waals surface area contributed by atoms with Crippen molar-refractivity contribution in [1.29, 1.82) is 0 Å². The normalized spacial score (nSPS) is 29.8. The number of halogens is 2. The van der Waals surface area contributed by atoms with Crippen molar-refractivity contribution in [1.82, 2.24) is 5.01 Å². The summed E-state index contributed by atoms with van der Waals surface area (Å²) in [6.45, 7) is 0.471. The van der Waals surface area contributed by atoms with Crippen molar-refractivity contribution in [3.8, 4) is 5.75 Å². The van der Waals surface area contributed by atoms with E-state index in [9.17, 15) is 9.59 Å². The highest BCUT2D eigenvalue weighted by atomic mass is 127. The summed E-state index contributed by atoms with van der Waals surface area (Å²) in [4.78, 5) is 26.3. The summed E-state index contributed by atoms with van der Waals surface area (Å²) in [7, 11) is 0. The zero-order valence-corrected chi connectivity index (χ0v) is 23.5.